The van der Waals surface area contributed by atoms with Crippen LogP contribution in [0.3, 0.4) is 0 Å². The Labute approximate surface area is 164 Å². The normalized spacial score (nSPS) is 19.4. The summed E-state index contributed by atoms with van der Waals surface area (Å²) < 4.78 is 23.2. The average Bonchev–Trinajstić information content (AvgIpc) is 2.93. The monoisotopic (exact) mass is 395 g/mol. The lowest BCUT2D eigenvalue weighted by Crippen LogP contribution is -2.37. The standard InChI is InChI=1S/C21H34NO4P/c1-6-7-8-9-10-11-20(23)22-15-21(3,16-27(24,25-4)26-5)18-14-17(2)12-13-19(18)22/h12-14H,6-11,15-16H2,1-5H3. The number of carbonyl (C=O) groups is 1. The molecule has 1 unspecified atom stereocenters. The van der Waals surface area contributed by atoms with E-state index < -0.39 is 13.0 Å². The highest BCUT2D eigenvalue weighted by atomic mass is 31.2. The molecule has 27 heavy (non-hydrogen) atoms. The number of nitrogens with zero attached hydrogens (tertiary/aromatic N) is 1. The van der Waals surface area contributed by atoms with Crippen LogP contribution in [0.4, 0.5) is 5.69 Å². The fourth-order valence-electron chi connectivity index (χ4n) is 3.89. The van der Waals surface area contributed by atoms with Crippen LogP contribution in [-0.2, 0) is 23.8 Å². The van der Waals surface area contributed by atoms with Gasteiger partial charge in [-0.05, 0) is 25.0 Å². The van der Waals surface area contributed by atoms with Gasteiger partial charge in [-0.1, -0.05) is 57.2 Å². The molecule has 0 aliphatic carbocycles. The SMILES string of the molecule is CCCCCCCC(=O)N1CC(C)(CP(=O)(OC)OC)c2cc(C)ccc21. The molecule has 1 atom stereocenters. The van der Waals surface area contributed by atoms with Crippen LogP contribution in [0.1, 0.15) is 63.5 Å². The topological polar surface area (TPSA) is 55.8 Å². The molecule has 2 rings (SSSR count). The van der Waals surface area contributed by atoms with Crippen molar-refractivity contribution in [2.75, 3.05) is 31.8 Å². The van der Waals surface area contributed by atoms with Crippen LogP contribution in [0.15, 0.2) is 18.2 Å². The van der Waals surface area contributed by atoms with Crippen LogP contribution >= 0.6 is 7.60 Å². The van der Waals surface area contributed by atoms with E-state index in [0.29, 0.717) is 13.0 Å². The number of aryl methyl sites for hydroxylation is 1. The summed E-state index contributed by atoms with van der Waals surface area (Å²) in [6.45, 7) is 6.78. The summed E-state index contributed by atoms with van der Waals surface area (Å²) in [5.41, 5.74) is 2.65. The minimum absolute atomic E-state index is 0.144. The molecular weight excluding hydrogens is 361 g/mol. The number of anilines is 1. The molecule has 152 valence electrons. The molecule has 0 spiro atoms. The van der Waals surface area contributed by atoms with Gasteiger partial charge in [-0.15, -0.1) is 0 Å². The Morgan fingerprint density at radius 2 is 1.85 bits per heavy atom. The molecule has 1 aromatic rings. The third kappa shape index (κ3) is 5.22. The molecular formula is C21H34NO4P. The van der Waals surface area contributed by atoms with Crippen LogP contribution in [0.5, 0.6) is 0 Å². The van der Waals surface area contributed by atoms with E-state index in [0.717, 1.165) is 29.7 Å². The van der Waals surface area contributed by atoms with Crippen LogP contribution in [0.2, 0.25) is 0 Å². The maximum atomic E-state index is 12.9. The number of carbonyl (C=O) groups excluding carboxylic acids is 1. The van der Waals surface area contributed by atoms with Crippen molar-refractivity contribution in [2.45, 2.75) is 64.7 Å². The fraction of sp³-hybridized carbons (Fsp3) is 0.667. The molecule has 0 aromatic heterocycles. The van der Waals surface area contributed by atoms with Crippen LogP contribution in [0, 0.1) is 6.92 Å². The first-order chi connectivity index (χ1) is 12.8. The summed E-state index contributed by atoms with van der Waals surface area (Å²) in [5, 5.41) is 0. The Balaban J connectivity index is 2.20. The number of hydrogen-bond donors (Lipinski definition) is 0. The van der Waals surface area contributed by atoms with Gasteiger partial charge in [0.05, 0.1) is 6.16 Å². The van der Waals surface area contributed by atoms with Crippen molar-refractivity contribution in [3.63, 3.8) is 0 Å². The van der Waals surface area contributed by atoms with E-state index in [1.807, 2.05) is 30.9 Å². The summed E-state index contributed by atoms with van der Waals surface area (Å²) in [6, 6.07) is 6.13. The van der Waals surface area contributed by atoms with Gasteiger partial charge in [-0.25, -0.2) is 0 Å². The number of unbranched alkanes of at least 4 members (excludes halogenated alkanes) is 4. The molecule has 0 fully saturated rings. The molecule has 0 N–H and O–H groups in total. The second kappa shape index (κ2) is 9.36. The molecule has 1 aliphatic heterocycles. The predicted octanol–water partition coefficient (Wildman–Crippen LogP) is 5.45. The third-order valence-electron chi connectivity index (χ3n) is 5.49. The lowest BCUT2D eigenvalue weighted by molar-refractivity contribution is -0.118. The summed E-state index contributed by atoms with van der Waals surface area (Å²) >= 11 is 0. The molecule has 1 aliphatic rings. The van der Waals surface area contributed by atoms with E-state index in [1.165, 1.54) is 33.5 Å². The minimum Gasteiger partial charge on any atom is -0.312 e. The Morgan fingerprint density at radius 3 is 2.48 bits per heavy atom. The molecule has 0 saturated carbocycles. The van der Waals surface area contributed by atoms with Crippen LogP contribution in [0.25, 0.3) is 0 Å². The number of amides is 1. The van der Waals surface area contributed by atoms with E-state index in [2.05, 4.69) is 13.0 Å². The van der Waals surface area contributed by atoms with Gasteiger partial charge in [-0.2, -0.15) is 0 Å². The van der Waals surface area contributed by atoms with Crippen molar-refractivity contribution < 1.29 is 18.4 Å². The maximum absolute atomic E-state index is 12.9. The first kappa shape index (κ1) is 22.1. The quantitative estimate of drug-likeness (QED) is 0.391. The Kier molecular flexibility index (Phi) is 7.67. The number of hydrogen-bond acceptors (Lipinski definition) is 4. The third-order valence-corrected chi connectivity index (χ3v) is 7.69. The smallest absolute Gasteiger partial charge is 0.312 e. The van der Waals surface area contributed by atoms with Gasteiger partial charge in [0.1, 0.15) is 0 Å². The molecule has 0 saturated heterocycles. The molecule has 0 bridgehead atoms. The van der Waals surface area contributed by atoms with E-state index >= 15 is 0 Å². The summed E-state index contributed by atoms with van der Waals surface area (Å²) in [7, 11) is -0.364. The Morgan fingerprint density at radius 1 is 1.19 bits per heavy atom. The lowest BCUT2D eigenvalue weighted by Gasteiger charge is -2.28. The van der Waals surface area contributed by atoms with Gasteiger partial charge in [0, 0.05) is 38.3 Å². The average molecular weight is 395 g/mol. The van der Waals surface area contributed by atoms with Gasteiger partial charge in [-0.3, -0.25) is 9.36 Å². The number of rotatable bonds is 10. The predicted molar refractivity (Wildman–Crippen MR) is 111 cm³/mol. The van der Waals surface area contributed by atoms with E-state index in [4.69, 9.17) is 9.05 Å². The number of fused-ring (bicyclic) bond motifs is 1. The minimum atomic E-state index is -3.19. The summed E-state index contributed by atoms with van der Waals surface area (Å²) in [6.07, 6.45) is 6.42. The van der Waals surface area contributed by atoms with Gasteiger partial charge in [0.25, 0.3) is 0 Å². The lowest BCUT2D eigenvalue weighted by atomic mass is 9.86. The summed E-state index contributed by atoms with van der Waals surface area (Å²) in [4.78, 5) is 14.8. The summed E-state index contributed by atoms with van der Waals surface area (Å²) in [5.74, 6) is 0.144. The van der Waals surface area contributed by atoms with Crippen molar-refractivity contribution in [2.24, 2.45) is 0 Å². The van der Waals surface area contributed by atoms with Crippen molar-refractivity contribution >= 4 is 19.2 Å². The highest BCUT2D eigenvalue weighted by Crippen LogP contribution is 2.55. The molecule has 5 nitrogen and oxygen atoms in total. The second-order valence-electron chi connectivity index (χ2n) is 7.86. The molecule has 0 radical (unpaired) electrons. The van der Waals surface area contributed by atoms with Gasteiger partial charge in [0.15, 0.2) is 0 Å². The van der Waals surface area contributed by atoms with Gasteiger partial charge < -0.3 is 13.9 Å². The number of benzene rings is 1. The van der Waals surface area contributed by atoms with Crippen molar-refractivity contribution in [3.8, 4) is 0 Å². The van der Waals surface area contributed by atoms with Gasteiger partial charge >= 0.3 is 7.60 Å². The van der Waals surface area contributed by atoms with E-state index in [-0.39, 0.29) is 12.1 Å². The molecule has 1 aromatic carbocycles. The van der Waals surface area contributed by atoms with Crippen molar-refractivity contribution in [1.29, 1.82) is 0 Å². The van der Waals surface area contributed by atoms with Crippen LogP contribution < -0.4 is 4.90 Å². The molecule has 1 heterocycles. The van der Waals surface area contributed by atoms with Crippen molar-refractivity contribution in [1.82, 2.24) is 0 Å². The fourth-order valence-corrected chi connectivity index (χ4v) is 5.42. The Bertz CT molecular complexity index is 697. The van der Waals surface area contributed by atoms with Gasteiger partial charge in [0.2, 0.25) is 5.91 Å². The highest BCUT2D eigenvalue weighted by Gasteiger charge is 2.46. The second-order valence-corrected chi connectivity index (χ2v) is 10.1. The largest absolute Gasteiger partial charge is 0.331 e. The molecule has 1 amide bonds. The highest BCUT2D eigenvalue weighted by molar-refractivity contribution is 7.53. The van der Waals surface area contributed by atoms with Crippen LogP contribution in [-0.4, -0.2) is 32.8 Å². The first-order valence-electron chi connectivity index (χ1n) is 9.90. The first-order valence-corrected chi connectivity index (χ1v) is 11.6. The zero-order valence-electron chi connectivity index (χ0n) is 17.4. The van der Waals surface area contributed by atoms with E-state index in [1.54, 1.807) is 0 Å². The molecule has 6 heteroatoms. The Hall–Kier alpha value is -1.16. The maximum Gasteiger partial charge on any atom is 0.331 e. The van der Waals surface area contributed by atoms with Crippen molar-refractivity contribution in [3.05, 3.63) is 29.3 Å². The zero-order valence-corrected chi connectivity index (χ0v) is 18.3. The van der Waals surface area contributed by atoms with E-state index in [9.17, 15) is 9.36 Å². The zero-order chi connectivity index (χ0) is 20.1.